The number of rotatable bonds is 2. The Balaban J connectivity index is 1.83. The van der Waals surface area contributed by atoms with Crippen molar-refractivity contribution < 1.29 is 10.2 Å². The van der Waals surface area contributed by atoms with Crippen molar-refractivity contribution in [2.45, 2.75) is 12.3 Å². The Bertz CT molecular complexity index is 774. The SMILES string of the molecule is Oc1cc(CC2c3ccccc3-c3ccccc32)c(O)[nH]1. The Hall–Kier alpha value is -2.68. The second-order valence-electron chi connectivity index (χ2n) is 5.46. The molecule has 0 saturated carbocycles. The summed E-state index contributed by atoms with van der Waals surface area (Å²) < 4.78 is 0. The maximum Gasteiger partial charge on any atom is 0.194 e. The number of fused-ring (bicyclic) bond motifs is 3. The van der Waals surface area contributed by atoms with Crippen LogP contribution in [-0.4, -0.2) is 15.2 Å². The first-order valence-corrected chi connectivity index (χ1v) is 7.02. The van der Waals surface area contributed by atoms with E-state index in [-0.39, 0.29) is 17.7 Å². The number of aromatic amines is 1. The van der Waals surface area contributed by atoms with Gasteiger partial charge in [-0.2, -0.15) is 0 Å². The highest BCUT2D eigenvalue weighted by molar-refractivity contribution is 5.78. The molecule has 1 aliphatic rings. The molecule has 1 aliphatic carbocycles. The van der Waals surface area contributed by atoms with Gasteiger partial charge in [0, 0.05) is 17.5 Å². The van der Waals surface area contributed by atoms with Crippen LogP contribution in [0.2, 0.25) is 0 Å². The molecular weight excluding hydrogens is 262 g/mol. The number of benzene rings is 2. The number of aromatic hydroxyl groups is 2. The van der Waals surface area contributed by atoms with E-state index in [0.29, 0.717) is 6.42 Å². The molecule has 1 heterocycles. The lowest BCUT2D eigenvalue weighted by atomic mass is 9.91. The first-order chi connectivity index (χ1) is 10.2. The molecule has 104 valence electrons. The molecule has 0 amide bonds. The minimum absolute atomic E-state index is 0.00191. The second-order valence-corrected chi connectivity index (χ2v) is 5.46. The molecule has 0 unspecified atom stereocenters. The van der Waals surface area contributed by atoms with E-state index in [1.807, 2.05) is 12.1 Å². The predicted octanol–water partition coefficient (Wildman–Crippen LogP) is 3.78. The highest BCUT2D eigenvalue weighted by Crippen LogP contribution is 2.46. The summed E-state index contributed by atoms with van der Waals surface area (Å²) in [5, 5.41) is 19.4. The van der Waals surface area contributed by atoms with Crippen LogP contribution in [0.25, 0.3) is 11.1 Å². The largest absolute Gasteiger partial charge is 0.495 e. The van der Waals surface area contributed by atoms with Gasteiger partial charge in [-0.25, -0.2) is 0 Å². The summed E-state index contributed by atoms with van der Waals surface area (Å²) in [5.74, 6) is 0.259. The molecule has 0 saturated heterocycles. The number of hydrogen-bond donors (Lipinski definition) is 3. The molecule has 3 aromatic rings. The fourth-order valence-electron chi connectivity index (χ4n) is 3.33. The van der Waals surface area contributed by atoms with E-state index in [1.54, 1.807) is 6.07 Å². The average Bonchev–Trinajstić information content (AvgIpc) is 2.98. The molecule has 2 aromatic carbocycles. The summed E-state index contributed by atoms with van der Waals surface area (Å²) in [6, 6.07) is 18.4. The van der Waals surface area contributed by atoms with Gasteiger partial charge < -0.3 is 10.2 Å². The van der Waals surface area contributed by atoms with Crippen LogP contribution in [0.1, 0.15) is 22.6 Å². The standard InChI is InChI=1S/C18H15NO2/c20-17-10-11(18(21)19-17)9-16-14-7-3-1-5-12(14)13-6-2-4-8-15(13)16/h1-8,10,16,19-21H,9H2. The summed E-state index contributed by atoms with van der Waals surface area (Å²) in [5.41, 5.74) is 5.82. The van der Waals surface area contributed by atoms with E-state index >= 15 is 0 Å². The van der Waals surface area contributed by atoms with Gasteiger partial charge in [-0.15, -0.1) is 0 Å². The van der Waals surface area contributed by atoms with Crippen LogP contribution >= 0.6 is 0 Å². The highest BCUT2D eigenvalue weighted by atomic mass is 16.3. The van der Waals surface area contributed by atoms with Gasteiger partial charge in [-0.3, -0.25) is 4.98 Å². The minimum atomic E-state index is 0.00191. The minimum Gasteiger partial charge on any atom is -0.495 e. The van der Waals surface area contributed by atoms with Gasteiger partial charge in [0.15, 0.2) is 11.8 Å². The first kappa shape index (κ1) is 12.1. The Kier molecular flexibility index (Phi) is 2.54. The van der Waals surface area contributed by atoms with Crippen molar-refractivity contribution >= 4 is 0 Å². The summed E-state index contributed by atoms with van der Waals surface area (Å²) in [6.45, 7) is 0. The zero-order valence-electron chi connectivity index (χ0n) is 11.4. The van der Waals surface area contributed by atoms with Gasteiger partial charge in [0.25, 0.3) is 0 Å². The van der Waals surface area contributed by atoms with Crippen molar-refractivity contribution in [2.75, 3.05) is 0 Å². The molecule has 4 rings (SSSR count). The lowest BCUT2D eigenvalue weighted by molar-refractivity contribution is 0.423. The van der Waals surface area contributed by atoms with Crippen LogP contribution in [0, 0.1) is 0 Å². The van der Waals surface area contributed by atoms with Gasteiger partial charge in [-0.1, -0.05) is 48.5 Å². The predicted molar refractivity (Wildman–Crippen MR) is 81.5 cm³/mol. The van der Waals surface area contributed by atoms with Crippen molar-refractivity contribution in [1.82, 2.24) is 4.98 Å². The average molecular weight is 277 g/mol. The molecule has 0 fully saturated rings. The molecule has 21 heavy (non-hydrogen) atoms. The molecule has 0 aliphatic heterocycles. The van der Waals surface area contributed by atoms with E-state index in [4.69, 9.17) is 0 Å². The van der Waals surface area contributed by atoms with Gasteiger partial charge in [-0.05, 0) is 28.7 Å². The lowest BCUT2D eigenvalue weighted by Gasteiger charge is -2.12. The number of aromatic nitrogens is 1. The van der Waals surface area contributed by atoms with E-state index < -0.39 is 0 Å². The molecule has 0 radical (unpaired) electrons. The van der Waals surface area contributed by atoms with Crippen molar-refractivity contribution in [3.05, 3.63) is 71.3 Å². The molecule has 0 atom stereocenters. The molecule has 1 aromatic heterocycles. The maximum atomic E-state index is 9.87. The molecule has 3 N–H and O–H groups in total. The Labute approximate surface area is 122 Å². The molecule has 0 bridgehead atoms. The fraction of sp³-hybridized carbons (Fsp3) is 0.111. The van der Waals surface area contributed by atoms with Crippen LogP contribution in [0.3, 0.4) is 0 Å². The lowest BCUT2D eigenvalue weighted by Crippen LogP contribution is -2.00. The quantitative estimate of drug-likeness (QED) is 0.667. The van der Waals surface area contributed by atoms with Crippen LogP contribution in [0.5, 0.6) is 11.8 Å². The van der Waals surface area contributed by atoms with E-state index in [1.165, 1.54) is 22.3 Å². The van der Waals surface area contributed by atoms with Crippen LogP contribution in [0.4, 0.5) is 0 Å². The van der Waals surface area contributed by atoms with E-state index in [0.717, 1.165) is 5.56 Å². The summed E-state index contributed by atoms with van der Waals surface area (Å²) >= 11 is 0. The van der Waals surface area contributed by atoms with Crippen molar-refractivity contribution in [2.24, 2.45) is 0 Å². The smallest absolute Gasteiger partial charge is 0.194 e. The Morgan fingerprint density at radius 2 is 1.43 bits per heavy atom. The van der Waals surface area contributed by atoms with Gasteiger partial charge in [0.2, 0.25) is 0 Å². The highest BCUT2D eigenvalue weighted by Gasteiger charge is 2.29. The molecule has 0 spiro atoms. The molecular formula is C18H15NO2. The third-order valence-corrected chi connectivity index (χ3v) is 4.25. The van der Waals surface area contributed by atoms with Gasteiger partial charge >= 0.3 is 0 Å². The van der Waals surface area contributed by atoms with Crippen LogP contribution in [0.15, 0.2) is 54.6 Å². The first-order valence-electron chi connectivity index (χ1n) is 7.02. The molecule has 3 heteroatoms. The van der Waals surface area contributed by atoms with Gasteiger partial charge in [0.05, 0.1) is 0 Å². The second kappa shape index (κ2) is 4.42. The maximum absolute atomic E-state index is 9.87. The summed E-state index contributed by atoms with van der Waals surface area (Å²) in [6.07, 6.45) is 0.664. The Morgan fingerprint density at radius 1 is 0.857 bits per heavy atom. The van der Waals surface area contributed by atoms with Crippen molar-refractivity contribution in [3.63, 3.8) is 0 Å². The van der Waals surface area contributed by atoms with E-state index in [9.17, 15) is 10.2 Å². The van der Waals surface area contributed by atoms with Crippen molar-refractivity contribution in [3.8, 4) is 22.9 Å². The normalized spacial score (nSPS) is 13.1. The van der Waals surface area contributed by atoms with Gasteiger partial charge in [0.1, 0.15) is 0 Å². The monoisotopic (exact) mass is 277 g/mol. The van der Waals surface area contributed by atoms with Crippen LogP contribution < -0.4 is 0 Å². The number of hydrogen-bond acceptors (Lipinski definition) is 2. The topological polar surface area (TPSA) is 56.2 Å². The number of H-pyrrole nitrogens is 1. The molecule has 3 nitrogen and oxygen atoms in total. The summed E-state index contributed by atoms with van der Waals surface area (Å²) in [4.78, 5) is 2.54. The third kappa shape index (κ3) is 1.82. The zero-order valence-corrected chi connectivity index (χ0v) is 11.4. The van der Waals surface area contributed by atoms with E-state index in [2.05, 4.69) is 41.4 Å². The fourth-order valence-corrected chi connectivity index (χ4v) is 3.33. The third-order valence-electron chi connectivity index (χ3n) is 4.25. The zero-order chi connectivity index (χ0) is 14.4. The van der Waals surface area contributed by atoms with Crippen LogP contribution in [-0.2, 0) is 6.42 Å². The van der Waals surface area contributed by atoms with Crippen molar-refractivity contribution in [1.29, 1.82) is 0 Å². The summed E-state index contributed by atoms with van der Waals surface area (Å²) in [7, 11) is 0. The number of nitrogens with one attached hydrogen (secondary N) is 1. The Morgan fingerprint density at radius 3 is 1.95 bits per heavy atom.